The van der Waals surface area contributed by atoms with Crippen LogP contribution in [0.5, 0.6) is 5.88 Å². The van der Waals surface area contributed by atoms with E-state index < -0.39 is 10.0 Å². The van der Waals surface area contributed by atoms with Gasteiger partial charge in [-0.2, -0.15) is 4.98 Å². The normalized spacial score (nSPS) is 24.9. The molecule has 2 amide bonds. The molecule has 6 rings (SSSR count). The van der Waals surface area contributed by atoms with Gasteiger partial charge >= 0.3 is 6.09 Å². The summed E-state index contributed by atoms with van der Waals surface area (Å²) in [6.07, 6.45) is 3.58. The minimum atomic E-state index is -4.15. The second-order valence-electron chi connectivity index (χ2n) is 15.0. The first-order valence-corrected chi connectivity index (χ1v) is 17.9. The largest absolute Gasteiger partial charge is 0.475 e. The molecule has 0 saturated heterocycles. The molecule has 48 heavy (non-hydrogen) atoms. The molecule has 11 nitrogen and oxygen atoms in total. The van der Waals surface area contributed by atoms with Gasteiger partial charge in [-0.15, -0.1) is 0 Å². The van der Waals surface area contributed by atoms with Crippen molar-refractivity contribution in [2.75, 3.05) is 25.5 Å². The number of methoxy groups -OCH3 is 1. The summed E-state index contributed by atoms with van der Waals surface area (Å²) < 4.78 is 41.3. The number of carbonyl (C=O) groups is 2. The third kappa shape index (κ3) is 6.59. The number of carbonyl (C=O) groups excluding carboxylic acids is 2. The number of nitrogens with one attached hydrogen (secondary N) is 1. The van der Waals surface area contributed by atoms with Crippen molar-refractivity contribution in [1.29, 1.82) is 0 Å². The van der Waals surface area contributed by atoms with Gasteiger partial charge in [-0.3, -0.25) is 4.79 Å². The van der Waals surface area contributed by atoms with Gasteiger partial charge in [0.2, 0.25) is 11.8 Å². The Hall–Kier alpha value is -4.19. The summed E-state index contributed by atoms with van der Waals surface area (Å²) in [5.41, 5.74) is 3.55. The first-order chi connectivity index (χ1) is 22.6. The average Bonchev–Trinajstić information content (AvgIpc) is 2.98. The van der Waals surface area contributed by atoms with Crippen LogP contribution >= 0.6 is 0 Å². The Bertz CT molecular complexity index is 1820. The first kappa shape index (κ1) is 33.7. The fourth-order valence-corrected chi connectivity index (χ4v) is 8.74. The van der Waals surface area contributed by atoms with Crippen molar-refractivity contribution in [2.45, 2.75) is 89.7 Å². The molecule has 1 aromatic heterocycles. The number of ether oxygens (including phenoxy) is 2. The lowest BCUT2D eigenvalue weighted by Crippen LogP contribution is -2.64. The highest BCUT2D eigenvalue weighted by atomic mass is 32.2. The van der Waals surface area contributed by atoms with E-state index in [0.29, 0.717) is 12.1 Å². The zero-order valence-corrected chi connectivity index (χ0v) is 29.6. The van der Waals surface area contributed by atoms with E-state index in [1.165, 1.54) is 19.2 Å². The van der Waals surface area contributed by atoms with Crippen LogP contribution in [-0.4, -0.2) is 79.1 Å². The van der Waals surface area contributed by atoms with Crippen molar-refractivity contribution in [3.05, 3.63) is 65.2 Å². The third-order valence-electron chi connectivity index (χ3n) is 10.0. The van der Waals surface area contributed by atoms with E-state index in [1.54, 1.807) is 30.1 Å². The van der Waals surface area contributed by atoms with Crippen molar-refractivity contribution >= 4 is 28.0 Å². The van der Waals surface area contributed by atoms with Crippen LogP contribution < -0.4 is 9.46 Å². The fourth-order valence-electron chi connectivity index (χ4n) is 7.75. The zero-order valence-electron chi connectivity index (χ0n) is 28.7. The molecule has 1 atom stereocenters. The highest BCUT2D eigenvalue weighted by Crippen LogP contribution is 2.59. The highest BCUT2D eigenvalue weighted by molar-refractivity contribution is 7.92. The molecule has 12 heteroatoms. The number of amides is 2. The monoisotopic (exact) mass is 675 g/mol. The number of benzene rings is 2. The Morgan fingerprint density at radius 1 is 1.06 bits per heavy atom. The number of anilines is 1. The number of sulfonamides is 1. The molecule has 0 radical (unpaired) electrons. The summed E-state index contributed by atoms with van der Waals surface area (Å²) in [4.78, 5) is 39.3. The summed E-state index contributed by atoms with van der Waals surface area (Å²) in [7, 11) is -1.00. The summed E-state index contributed by atoms with van der Waals surface area (Å²) in [5.74, 6) is -0.126. The van der Waals surface area contributed by atoms with E-state index in [-0.39, 0.29) is 69.9 Å². The second-order valence-corrected chi connectivity index (χ2v) is 16.6. The van der Waals surface area contributed by atoms with E-state index in [9.17, 15) is 18.0 Å². The van der Waals surface area contributed by atoms with Gasteiger partial charge in [-0.1, -0.05) is 45.0 Å². The van der Waals surface area contributed by atoms with Crippen LogP contribution in [-0.2, 0) is 14.8 Å². The van der Waals surface area contributed by atoms with Crippen molar-refractivity contribution < 1.29 is 27.5 Å². The van der Waals surface area contributed by atoms with Gasteiger partial charge in [-0.05, 0) is 86.1 Å². The van der Waals surface area contributed by atoms with Crippen LogP contribution in [0.4, 0.5) is 10.7 Å². The SMILES string of the molecule is COC(=O)N(C)[C@H]1CC2(C1)C[C@H](N1C(=O)c3cccc(c3)S(=O)(=O)Nc3nc(cc(-c4c(C)cccc4C)n3)OC[C@H]1CC(C)(C)C)C2. The van der Waals surface area contributed by atoms with E-state index in [0.717, 1.165) is 42.4 Å². The molecular weight excluding hydrogens is 630 g/mol. The quantitative estimate of drug-likeness (QED) is 0.346. The van der Waals surface area contributed by atoms with E-state index in [4.69, 9.17) is 9.47 Å². The smallest absolute Gasteiger partial charge is 0.409 e. The molecule has 3 aliphatic rings. The number of rotatable bonds is 4. The molecule has 256 valence electrons. The summed E-state index contributed by atoms with van der Waals surface area (Å²) in [5, 5.41) is 0. The highest BCUT2D eigenvalue weighted by Gasteiger charge is 2.57. The topological polar surface area (TPSA) is 131 Å². The zero-order chi connectivity index (χ0) is 34.6. The summed E-state index contributed by atoms with van der Waals surface area (Å²) >= 11 is 0. The van der Waals surface area contributed by atoms with Crippen molar-refractivity contribution in [1.82, 2.24) is 19.8 Å². The minimum Gasteiger partial charge on any atom is -0.475 e. The number of aromatic nitrogens is 2. The maximum absolute atomic E-state index is 14.5. The fraction of sp³-hybridized carbons (Fsp3) is 0.500. The molecule has 4 bridgehead atoms. The molecule has 2 aliphatic carbocycles. The van der Waals surface area contributed by atoms with Gasteiger partial charge in [0.15, 0.2) is 0 Å². The molecule has 3 aromatic rings. The Labute approximate surface area is 283 Å². The molecule has 2 saturated carbocycles. The molecule has 1 aliphatic heterocycles. The van der Waals surface area contributed by atoms with Crippen LogP contribution in [0.1, 0.15) is 74.4 Å². The number of hydrogen-bond donors (Lipinski definition) is 1. The van der Waals surface area contributed by atoms with Gasteiger partial charge in [0.05, 0.1) is 23.7 Å². The summed E-state index contributed by atoms with van der Waals surface area (Å²) in [6, 6.07) is 13.5. The molecule has 2 fully saturated rings. The average molecular weight is 676 g/mol. The van der Waals surface area contributed by atoms with Gasteiger partial charge in [-0.25, -0.2) is 22.9 Å². The van der Waals surface area contributed by atoms with Crippen LogP contribution in [0.2, 0.25) is 0 Å². The van der Waals surface area contributed by atoms with E-state index in [2.05, 4.69) is 35.5 Å². The van der Waals surface area contributed by atoms with Gasteiger partial charge in [0.1, 0.15) is 6.61 Å². The lowest BCUT2D eigenvalue weighted by molar-refractivity contribution is -0.0981. The predicted molar refractivity (Wildman–Crippen MR) is 182 cm³/mol. The van der Waals surface area contributed by atoms with Crippen molar-refractivity contribution in [2.24, 2.45) is 10.8 Å². The van der Waals surface area contributed by atoms with E-state index in [1.807, 2.05) is 36.9 Å². The number of nitrogens with zero attached hydrogens (tertiary/aromatic N) is 4. The molecule has 1 N–H and O–H groups in total. The van der Waals surface area contributed by atoms with Crippen molar-refractivity contribution in [3.8, 4) is 17.1 Å². The maximum Gasteiger partial charge on any atom is 0.409 e. The molecular formula is C36H45N5O6S. The van der Waals surface area contributed by atoms with E-state index >= 15 is 0 Å². The molecule has 0 unspecified atom stereocenters. The minimum absolute atomic E-state index is 0.0448. The number of aryl methyl sites for hydroxylation is 2. The Morgan fingerprint density at radius 3 is 2.38 bits per heavy atom. The van der Waals surface area contributed by atoms with Crippen LogP contribution in [0, 0.1) is 24.7 Å². The first-order valence-electron chi connectivity index (χ1n) is 16.4. The predicted octanol–water partition coefficient (Wildman–Crippen LogP) is 6.21. The lowest BCUT2D eigenvalue weighted by atomic mass is 9.51. The standard InChI is InChI=1S/C36H45N5O6S/c1-22-10-8-11-23(2)31(22)29-15-30-38-33(37-29)39-48(44,45)28-13-9-12-24(14-28)32(42)41(27(21-47-30)16-35(3,4)5)26-19-36(20-26)17-25(18-36)40(6)34(43)46-7/h8-15,25-27H,16-21H2,1-7H3,(H,37,38,39)/t25-,26-,27-,36?/m1/s1. The lowest BCUT2D eigenvalue weighted by Gasteiger charge is -2.62. The van der Waals surface area contributed by atoms with Crippen LogP contribution in [0.25, 0.3) is 11.3 Å². The second kappa shape index (κ2) is 12.4. The third-order valence-corrected chi connectivity index (χ3v) is 11.4. The Kier molecular flexibility index (Phi) is 8.68. The van der Waals surface area contributed by atoms with Crippen molar-refractivity contribution in [3.63, 3.8) is 0 Å². The van der Waals surface area contributed by atoms with Gasteiger partial charge < -0.3 is 19.3 Å². The Morgan fingerprint density at radius 2 is 1.73 bits per heavy atom. The van der Waals surface area contributed by atoms with Crippen LogP contribution in [0.3, 0.4) is 0 Å². The number of hydrogen-bond acceptors (Lipinski definition) is 8. The number of fused-ring (bicyclic) bond motifs is 4. The Balaban J connectivity index is 1.39. The molecule has 2 aromatic carbocycles. The van der Waals surface area contributed by atoms with Gasteiger partial charge in [0, 0.05) is 36.3 Å². The molecule has 2 heterocycles. The van der Waals surface area contributed by atoms with Gasteiger partial charge in [0.25, 0.3) is 15.9 Å². The maximum atomic E-state index is 14.5. The summed E-state index contributed by atoms with van der Waals surface area (Å²) in [6.45, 7) is 10.5. The van der Waals surface area contributed by atoms with Crippen LogP contribution in [0.15, 0.2) is 53.4 Å². The molecule has 1 spiro atoms.